The second kappa shape index (κ2) is 49.5. The molecule has 1 saturated heterocycles. The van der Waals surface area contributed by atoms with Crippen molar-refractivity contribution in [3.05, 3.63) is 24.3 Å². The molecule has 1 aliphatic rings. The van der Waals surface area contributed by atoms with Gasteiger partial charge >= 0.3 is 0 Å². The third-order valence-electron chi connectivity index (χ3n) is 14.7. The van der Waals surface area contributed by atoms with Crippen molar-refractivity contribution in [3.8, 4) is 0 Å². The molecular formula is C60H115NO10. The van der Waals surface area contributed by atoms with Crippen molar-refractivity contribution in [1.82, 2.24) is 5.32 Å². The molecule has 0 aromatic heterocycles. The summed E-state index contributed by atoms with van der Waals surface area (Å²) >= 11 is 0. The Kier molecular flexibility index (Phi) is 47.1. The van der Waals surface area contributed by atoms with Crippen molar-refractivity contribution in [3.63, 3.8) is 0 Å². The van der Waals surface area contributed by atoms with Gasteiger partial charge in [-0.05, 0) is 51.4 Å². The summed E-state index contributed by atoms with van der Waals surface area (Å²) in [7, 11) is 0. The van der Waals surface area contributed by atoms with E-state index in [1.807, 2.05) is 0 Å². The van der Waals surface area contributed by atoms with Crippen molar-refractivity contribution in [2.45, 2.75) is 339 Å². The Bertz CT molecular complexity index is 1200. The van der Waals surface area contributed by atoms with Crippen LogP contribution in [0.25, 0.3) is 0 Å². The number of carbonyl (C=O) groups excluding carboxylic acids is 1. The van der Waals surface area contributed by atoms with Gasteiger partial charge in [-0.3, -0.25) is 4.79 Å². The number of amides is 1. The van der Waals surface area contributed by atoms with Crippen molar-refractivity contribution < 1.29 is 50.0 Å². The zero-order chi connectivity index (χ0) is 51.8. The van der Waals surface area contributed by atoms with Crippen molar-refractivity contribution in [1.29, 1.82) is 0 Å². The first-order chi connectivity index (χ1) is 34.7. The van der Waals surface area contributed by atoms with Crippen LogP contribution in [0.2, 0.25) is 0 Å². The number of allylic oxidation sites excluding steroid dienone is 4. The lowest BCUT2D eigenvalue weighted by atomic mass is 9.98. The summed E-state index contributed by atoms with van der Waals surface area (Å²) in [5.74, 6) is -0.706. The second-order valence-corrected chi connectivity index (χ2v) is 21.4. The SMILES string of the molecule is CCCCCCC/C=C/CC/C=C/CCCC(O)C(O)C(COC1OC(CO)C(O)C(O)C1O)NC(=O)C(O)CCCCCCCCCCCCCCCCCCCCCCCCCCCCCCCC. The minimum Gasteiger partial charge on any atom is -0.394 e. The summed E-state index contributed by atoms with van der Waals surface area (Å²) in [5, 5.41) is 76.0. The molecule has 9 unspecified atom stereocenters. The Morgan fingerprint density at radius 2 is 0.845 bits per heavy atom. The minimum absolute atomic E-state index is 0.248. The molecule has 0 spiro atoms. The maximum Gasteiger partial charge on any atom is 0.249 e. The molecule has 71 heavy (non-hydrogen) atoms. The highest BCUT2D eigenvalue weighted by Crippen LogP contribution is 2.23. The Hall–Kier alpha value is -1.41. The lowest BCUT2D eigenvalue weighted by Crippen LogP contribution is -2.60. The molecule has 8 N–H and O–H groups in total. The molecule has 9 atom stereocenters. The molecule has 11 nitrogen and oxygen atoms in total. The van der Waals surface area contributed by atoms with Gasteiger partial charge < -0.3 is 50.5 Å². The topological polar surface area (TPSA) is 189 Å². The lowest BCUT2D eigenvalue weighted by molar-refractivity contribution is -0.303. The normalized spacial score (nSPS) is 20.3. The largest absolute Gasteiger partial charge is 0.394 e. The third kappa shape index (κ3) is 37.9. The summed E-state index contributed by atoms with van der Waals surface area (Å²) in [6.45, 7) is 3.44. The van der Waals surface area contributed by atoms with Crippen molar-refractivity contribution in [2.24, 2.45) is 0 Å². The van der Waals surface area contributed by atoms with Gasteiger partial charge in [0.15, 0.2) is 6.29 Å². The molecule has 1 heterocycles. The highest BCUT2D eigenvalue weighted by molar-refractivity contribution is 5.80. The van der Waals surface area contributed by atoms with Crippen LogP contribution in [0.15, 0.2) is 24.3 Å². The van der Waals surface area contributed by atoms with E-state index in [2.05, 4.69) is 43.5 Å². The van der Waals surface area contributed by atoms with E-state index < -0.39 is 74.2 Å². The molecule has 0 aromatic rings. The highest BCUT2D eigenvalue weighted by Gasteiger charge is 2.44. The van der Waals surface area contributed by atoms with Gasteiger partial charge in [-0.15, -0.1) is 0 Å². The van der Waals surface area contributed by atoms with E-state index in [1.54, 1.807) is 0 Å². The number of aliphatic hydroxyl groups is 7. The second-order valence-electron chi connectivity index (χ2n) is 21.4. The van der Waals surface area contributed by atoms with Gasteiger partial charge in [0.2, 0.25) is 5.91 Å². The molecule has 1 rings (SSSR count). The van der Waals surface area contributed by atoms with Gasteiger partial charge in [0.25, 0.3) is 0 Å². The number of unbranched alkanes of at least 4 members (excludes halogenated alkanes) is 36. The molecule has 0 bridgehead atoms. The number of rotatable bonds is 52. The first-order valence-electron chi connectivity index (χ1n) is 30.2. The zero-order valence-corrected chi connectivity index (χ0v) is 46.0. The Morgan fingerprint density at radius 1 is 0.479 bits per heavy atom. The van der Waals surface area contributed by atoms with Gasteiger partial charge in [0, 0.05) is 0 Å². The van der Waals surface area contributed by atoms with Crippen LogP contribution < -0.4 is 5.32 Å². The van der Waals surface area contributed by atoms with Crippen LogP contribution in [0.1, 0.15) is 284 Å². The molecule has 0 aromatic carbocycles. The summed E-state index contributed by atoms with van der Waals surface area (Å²) in [5.41, 5.74) is 0. The Morgan fingerprint density at radius 3 is 1.25 bits per heavy atom. The highest BCUT2D eigenvalue weighted by atomic mass is 16.7. The number of carbonyl (C=O) groups is 1. The van der Waals surface area contributed by atoms with E-state index in [0.717, 1.165) is 38.5 Å². The van der Waals surface area contributed by atoms with Gasteiger partial charge in [0.1, 0.15) is 36.6 Å². The molecule has 0 radical (unpaired) electrons. The minimum atomic E-state index is -1.67. The average molecular weight is 1010 g/mol. The molecule has 0 saturated carbocycles. The predicted molar refractivity (Wildman–Crippen MR) is 293 cm³/mol. The standard InChI is InChI=1S/C60H115NO10/c1-3-5-7-9-11-13-15-17-19-20-21-22-23-24-25-26-27-28-29-30-31-32-33-34-36-38-40-42-44-46-48-53(64)59(69)61-51(50-70-60-58(68)57(67)56(66)54(49-62)71-60)55(65)52(63)47-45-43-41-39-37-35-18-16-14-12-10-8-6-4-2/h16,18,39,41,51-58,60,62-68H,3-15,17,19-38,40,42-50H2,1-2H3,(H,61,69)/b18-16+,41-39+. The van der Waals surface area contributed by atoms with E-state index in [-0.39, 0.29) is 12.8 Å². The molecule has 1 aliphatic heterocycles. The number of hydrogen-bond acceptors (Lipinski definition) is 10. The molecule has 420 valence electrons. The first-order valence-corrected chi connectivity index (χ1v) is 30.2. The molecule has 1 amide bonds. The van der Waals surface area contributed by atoms with E-state index in [1.165, 1.54) is 199 Å². The quantitative estimate of drug-likeness (QED) is 0.0215. The van der Waals surface area contributed by atoms with Crippen LogP contribution in [0.3, 0.4) is 0 Å². The zero-order valence-electron chi connectivity index (χ0n) is 46.0. The van der Waals surface area contributed by atoms with Gasteiger partial charge in [-0.1, -0.05) is 256 Å². The fourth-order valence-corrected chi connectivity index (χ4v) is 9.81. The maximum atomic E-state index is 13.2. The first kappa shape index (κ1) is 67.6. The summed E-state index contributed by atoms with van der Waals surface area (Å²) in [6, 6.07) is -1.19. The van der Waals surface area contributed by atoms with E-state index in [4.69, 9.17) is 9.47 Å². The Balaban J connectivity index is 2.21. The fourth-order valence-electron chi connectivity index (χ4n) is 9.81. The summed E-state index contributed by atoms with van der Waals surface area (Å²) in [6.07, 6.45) is 48.3. The smallest absolute Gasteiger partial charge is 0.249 e. The summed E-state index contributed by atoms with van der Waals surface area (Å²) in [4.78, 5) is 13.2. The van der Waals surface area contributed by atoms with Crippen LogP contribution >= 0.6 is 0 Å². The number of nitrogens with one attached hydrogen (secondary N) is 1. The van der Waals surface area contributed by atoms with Crippen LogP contribution in [0.5, 0.6) is 0 Å². The summed E-state index contributed by atoms with van der Waals surface area (Å²) < 4.78 is 11.1. The van der Waals surface area contributed by atoms with Crippen LogP contribution in [-0.2, 0) is 14.3 Å². The monoisotopic (exact) mass is 1010 g/mol. The molecular weight excluding hydrogens is 895 g/mol. The molecule has 0 aliphatic carbocycles. The third-order valence-corrected chi connectivity index (χ3v) is 14.7. The average Bonchev–Trinajstić information content (AvgIpc) is 3.37. The number of hydrogen-bond donors (Lipinski definition) is 8. The maximum absolute atomic E-state index is 13.2. The van der Waals surface area contributed by atoms with Gasteiger partial charge in [-0.25, -0.2) is 0 Å². The van der Waals surface area contributed by atoms with E-state index in [0.29, 0.717) is 19.3 Å². The van der Waals surface area contributed by atoms with Crippen LogP contribution in [-0.4, -0.2) is 110 Å². The number of aliphatic hydroxyl groups excluding tert-OH is 7. The van der Waals surface area contributed by atoms with Crippen molar-refractivity contribution in [2.75, 3.05) is 13.2 Å². The van der Waals surface area contributed by atoms with Gasteiger partial charge in [-0.2, -0.15) is 0 Å². The van der Waals surface area contributed by atoms with E-state index >= 15 is 0 Å². The lowest BCUT2D eigenvalue weighted by Gasteiger charge is -2.40. The van der Waals surface area contributed by atoms with Gasteiger partial charge in [0.05, 0.1) is 25.4 Å². The van der Waals surface area contributed by atoms with Crippen LogP contribution in [0.4, 0.5) is 0 Å². The fraction of sp³-hybridized carbons (Fsp3) is 0.917. The van der Waals surface area contributed by atoms with E-state index in [9.17, 15) is 40.5 Å². The molecule has 11 heteroatoms. The van der Waals surface area contributed by atoms with Crippen LogP contribution in [0, 0.1) is 0 Å². The van der Waals surface area contributed by atoms with Crippen molar-refractivity contribution >= 4 is 5.91 Å². The predicted octanol–water partition coefficient (Wildman–Crippen LogP) is 12.9. The Labute approximate surface area is 435 Å². The number of ether oxygens (including phenoxy) is 2. The molecule has 1 fully saturated rings.